The van der Waals surface area contributed by atoms with Crippen LogP contribution in [0.3, 0.4) is 0 Å². The van der Waals surface area contributed by atoms with Gasteiger partial charge >= 0.3 is 0 Å². The predicted octanol–water partition coefficient (Wildman–Crippen LogP) is 2.21. The standard InChI is InChI=1S/C24H32N4O4/c1-25-11-12-28(2)16-20-15-26-27-24(20)19-5-9-22(10-6-19)32-14-13-31-21-7-3-18(4-8-21)23(30)17-29/h3-10,15,23,25,29-30H,11-14,16-17H2,1-2H3,(H,26,27). The molecule has 0 aliphatic carbocycles. The van der Waals surface area contributed by atoms with Crippen LogP contribution in [0.25, 0.3) is 11.3 Å². The van der Waals surface area contributed by atoms with Gasteiger partial charge in [-0.25, -0.2) is 0 Å². The number of hydrogen-bond donors (Lipinski definition) is 4. The maximum atomic E-state index is 9.60. The van der Waals surface area contributed by atoms with E-state index in [2.05, 4.69) is 27.5 Å². The second kappa shape index (κ2) is 12.2. The molecule has 0 aliphatic rings. The Labute approximate surface area is 188 Å². The van der Waals surface area contributed by atoms with Crippen molar-refractivity contribution in [3.63, 3.8) is 0 Å². The Hall–Kier alpha value is -2.91. The van der Waals surface area contributed by atoms with Gasteiger partial charge in [0.2, 0.25) is 0 Å². The number of aromatic amines is 1. The van der Waals surface area contributed by atoms with Gasteiger partial charge in [0, 0.05) is 37.0 Å². The van der Waals surface area contributed by atoms with Gasteiger partial charge in [-0.1, -0.05) is 12.1 Å². The van der Waals surface area contributed by atoms with Gasteiger partial charge in [0.15, 0.2) is 0 Å². The summed E-state index contributed by atoms with van der Waals surface area (Å²) in [6.07, 6.45) is 1.08. The SMILES string of the molecule is CNCCN(C)Cc1c[nH]nc1-c1ccc(OCCOc2ccc(C(O)CO)cc2)cc1. The summed E-state index contributed by atoms with van der Waals surface area (Å²) in [4.78, 5) is 2.25. The maximum absolute atomic E-state index is 9.60. The topological polar surface area (TPSA) is 103 Å². The molecule has 0 bridgehead atoms. The van der Waals surface area contributed by atoms with Crippen molar-refractivity contribution < 1.29 is 19.7 Å². The van der Waals surface area contributed by atoms with Gasteiger partial charge in [0.25, 0.3) is 0 Å². The third kappa shape index (κ3) is 6.80. The summed E-state index contributed by atoms with van der Waals surface area (Å²) in [6, 6.07) is 14.9. The highest BCUT2D eigenvalue weighted by Crippen LogP contribution is 2.24. The van der Waals surface area contributed by atoms with Gasteiger partial charge < -0.3 is 29.9 Å². The molecule has 32 heavy (non-hydrogen) atoms. The molecular weight excluding hydrogens is 408 g/mol. The van der Waals surface area contributed by atoms with Crippen LogP contribution >= 0.6 is 0 Å². The van der Waals surface area contributed by atoms with Crippen LogP contribution in [0.4, 0.5) is 0 Å². The first kappa shape index (κ1) is 23.7. The molecule has 0 saturated heterocycles. The molecule has 172 valence electrons. The lowest BCUT2D eigenvalue weighted by atomic mass is 10.1. The van der Waals surface area contributed by atoms with Crippen LogP contribution in [0, 0.1) is 0 Å². The van der Waals surface area contributed by atoms with E-state index in [-0.39, 0.29) is 6.61 Å². The molecule has 0 radical (unpaired) electrons. The number of ether oxygens (including phenoxy) is 2. The summed E-state index contributed by atoms with van der Waals surface area (Å²) >= 11 is 0. The summed E-state index contributed by atoms with van der Waals surface area (Å²) in [5.74, 6) is 1.45. The van der Waals surface area contributed by atoms with E-state index in [1.807, 2.05) is 37.5 Å². The van der Waals surface area contributed by atoms with E-state index in [0.717, 1.165) is 42.2 Å². The Morgan fingerprint density at radius 1 is 1.03 bits per heavy atom. The average molecular weight is 441 g/mol. The minimum atomic E-state index is -0.868. The number of aliphatic hydroxyl groups excluding tert-OH is 2. The number of nitrogens with zero attached hydrogens (tertiary/aromatic N) is 2. The third-order valence-corrected chi connectivity index (χ3v) is 5.09. The number of H-pyrrole nitrogens is 1. The Morgan fingerprint density at radius 3 is 2.25 bits per heavy atom. The van der Waals surface area contributed by atoms with Crippen LogP contribution in [-0.2, 0) is 6.54 Å². The summed E-state index contributed by atoms with van der Waals surface area (Å²) in [5, 5.41) is 29.1. The number of rotatable bonds is 13. The van der Waals surface area contributed by atoms with Gasteiger partial charge in [-0.05, 0) is 56.1 Å². The fourth-order valence-corrected chi connectivity index (χ4v) is 3.28. The van der Waals surface area contributed by atoms with Gasteiger partial charge in [0.1, 0.15) is 30.8 Å². The quantitative estimate of drug-likeness (QED) is 0.302. The van der Waals surface area contributed by atoms with E-state index in [1.54, 1.807) is 24.3 Å². The molecule has 8 heteroatoms. The zero-order valence-corrected chi connectivity index (χ0v) is 18.6. The lowest BCUT2D eigenvalue weighted by Gasteiger charge is -2.16. The molecule has 0 aliphatic heterocycles. The first-order chi connectivity index (χ1) is 15.6. The molecule has 0 amide bonds. The zero-order chi connectivity index (χ0) is 22.8. The third-order valence-electron chi connectivity index (χ3n) is 5.09. The number of hydrogen-bond acceptors (Lipinski definition) is 7. The molecule has 3 rings (SSSR count). The van der Waals surface area contributed by atoms with Crippen molar-refractivity contribution in [2.45, 2.75) is 12.6 Å². The smallest absolute Gasteiger partial charge is 0.122 e. The molecule has 1 atom stereocenters. The van der Waals surface area contributed by atoms with Crippen LogP contribution in [-0.4, -0.2) is 72.3 Å². The molecule has 4 N–H and O–H groups in total. The maximum Gasteiger partial charge on any atom is 0.122 e. The number of nitrogens with one attached hydrogen (secondary N) is 2. The first-order valence-electron chi connectivity index (χ1n) is 10.7. The van der Waals surface area contributed by atoms with Crippen molar-refractivity contribution in [1.29, 1.82) is 0 Å². The Balaban J connectivity index is 1.47. The van der Waals surface area contributed by atoms with Crippen molar-refractivity contribution in [3.8, 4) is 22.8 Å². The largest absolute Gasteiger partial charge is 0.490 e. The van der Waals surface area contributed by atoms with Crippen molar-refractivity contribution in [2.24, 2.45) is 0 Å². The Bertz CT molecular complexity index is 928. The van der Waals surface area contributed by atoms with E-state index in [9.17, 15) is 5.11 Å². The zero-order valence-electron chi connectivity index (χ0n) is 18.6. The molecule has 2 aromatic carbocycles. The number of aromatic nitrogens is 2. The summed E-state index contributed by atoms with van der Waals surface area (Å²) < 4.78 is 11.4. The van der Waals surface area contributed by atoms with Gasteiger partial charge in [-0.2, -0.15) is 5.10 Å². The first-order valence-corrected chi connectivity index (χ1v) is 10.7. The lowest BCUT2D eigenvalue weighted by Crippen LogP contribution is -2.26. The minimum absolute atomic E-state index is 0.304. The van der Waals surface area contributed by atoms with Gasteiger partial charge in [0.05, 0.1) is 12.3 Å². The van der Waals surface area contributed by atoms with Crippen molar-refractivity contribution in [3.05, 3.63) is 65.9 Å². The second-order valence-electron chi connectivity index (χ2n) is 7.59. The molecule has 3 aromatic rings. The number of aliphatic hydroxyl groups is 2. The molecule has 1 unspecified atom stereocenters. The summed E-state index contributed by atoms with van der Waals surface area (Å²) in [5.41, 5.74) is 3.80. The van der Waals surface area contributed by atoms with E-state index in [1.165, 1.54) is 0 Å². The average Bonchev–Trinajstić information content (AvgIpc) is 3.28. The molecule has 0 saturated carbocycles. The fraction of sp³-hybridized carbons (Fsp3) is 0.375. The fourth-order valence-electron chi connectivity index (χ4n) is 3.28. The van der Waals surface area contributed by atoms with Crippen molar-refractivity contribution >= 4 is 0 Å². The van der Waals surface area contributed by atoms with Crippen molar-refractivity contribution in [2.75, 3.05) is 47.0 Å². The van der Waals surface area contributed by atoms with Gasteiger partial charge in [-0.15, -0.1) is 0 Å². The number of benzene rings is 2. The highest BCUT2D eigenvalue weighted by Gasteiger charge is 2.11. The van der Waals surface area contributed by atoms with Gasteiger partial charge in [-0.3, -0.25) is 5.10 Å². The molecule has 1 heterocycles. The monoisotopic (exact) mass is 440 g/mol. The van der Waals surface area contributed by atoms with Crippen LogP contribution in [0.2, 0.25) is 0 Å². The van der Waals surface area contributed by atoms with Crippen molar-refractivity contribution in [1.82, 2.24) is 20.4 Å². The second-order valence-corrected chi connectivity index (χ2v) is 7.59. The van der Waals surface area contributed by atoms with E-state index in [4.69, 9.17) is 14.6 Å². The predicted molar refractivity (Wildman–Crippen MR) is 124 cm³/mol. The summed E-state index contributed by atoms with van der Waals surface area (Å²) in [6.45, 7) is 3.23. The highest BCUT2D eigenvalue weighted by molar-refractivity contribution is 5.63. The van der Waals surface area contributed by atoms with Crippen LogP contribution in [0.15, 0.2) is 54.7 Å². The van der Waals surface area contributed by atoms with Crippen LogP contribution in [0.5, 0.6) is 11.5 Å². The van der Waals surface area contributed by atoms with E-state index in [0.29, 0.717) is 24.5 Å². The van der Waals surface area contributed by atoms with E-state index >= 15 is 0 Å². The molecule has 0 spiro atoms. The Morgan fingerprint density at radius 2 is 1.66 bits per heavy atom. The highest BCUT2D eigenvalue weighted by atomic mass is 16.5. The minimum Gasteiger partial charge on any atom is -0.490 e. The summed E-state index contributed by atoms with van der Waals surface area (Å²) in [7, 11) is 4.05. The van der Waals surface area contributed by atoms with Crippen LogP contribution < -0.4 is 14.8 Å². The molecule has 1 aromatic heterocycles. The Kier molecular flexibility index (Phi) is 9.06. The normalized spacial score (nSPS) is 12.2. The van der Waals surface area contributed by atoms with Crippen LogP contribution in [0.1, 0.15) is 17.2 Å². The molecule has 0 fully saturated rings. The number of likely N-dealkylation sites (N-methyl/N-ethyl adjacent to an activating group) is 2. The lowest BCUT2D eigenvalue weighted by molar-refractivity contribution is 0.0955. The van der Waals surface area contributed by atoms with E-state index < -0.39 is 6.10 Å². The molecular formula is C24H32N4O4. The molecule has 8 nitrogen and oxygen atoms in total.